The number of hydrogen-bond donors (Lipinski definition) is 1. The van der Waals surface area contributed by atoms with E-state index < -0.39 is 10.5 Å². The van der Waals surface area contributed by atoms with E-state index >= 15 is 0 Å². The summed E-state index contributed by atoms with van der Waals surface area (Å²) in [5.41, 5.74) is 4.46. The predicted molar refractivity (Wildman–Crippen MR) is 66.1 cm³/mol. The van der Waals surface area contributed by atoms with E-state index in [1.807, 2.05) is 12.1 Å². The third kappa shape index (κ3) is 3.95. The molecule has 0 aromatic heterocycles. The third-order valence-corrected chi connectivity index (χ3v) is 2.42. The van der Waals surface area contributed by atoms with Gasteiger partial charge in [0, 0.05) is 12.5 Å². The highest BCUT2D eigenvalue weighted by molar-refractivity contribution is 5.51. The van der Waals surface area contributed by atoms with Crippen molar-refractivity contribution in [1.29, 1.82) is 10.5 Å². The molecule has 0 heterocycles. The van der Waals surface area contributed by atoms with Crippen LogP contribution in [0.25, 0.3) is 0 Å². The minimum atomic E-state index is -1.04. The van der Waals surface area contributed by atoms with Crippen LogP contribution >= 0.6 is 0 Å². The zero-order valence-corrected chi connectivity index (χ0v) is 10.3. The van der Waals surface area contributed by atoms with E-state index in [1.54, 1.807) is 6.92 Å². The summed E-state index contributed by atoms with van der Waals surface area (Å²) in [6.07, 6.45) is 0.237. The number of ether oxygens (including phenoxy) is 1. The minimum absolute atomic E-state index is 0.0535. The Hall–Kier alpha value is -2.64. The predicted octanol–water partition coefficient (Wildman–Crippen LogP) is 1.48. The van der Waals surface area contributed by atoms with Gasteiger partial charge in [-0.15, -0.1) is 0 Å². The number of nitro groups is 1. The second-order valence-electron chi connectivity index (χ2n) is 4.18. The summed E-state index contributed by atoms with van der Waals surface area (Å²) in [7, 11) is 0. The third-order valence-electron chi connectivity index (χ3n) is 2.42. The molecule has 1 aromatic rings. The first kappa shape index (κ1) is 14.4. The Kier molecular flexibility index (Phi) is 4.41. The summed E-state index contributed by atoms with van der Waals surface area (Å²) in [5, 5.41) is 28.3. The lowest BCUT2D eigenvalue weighted by Gasteiger charge is -2.15. The standard InChI is InChI=1S/C12H12N4O3/c1-12(15,8-14)4-5-19-11-3-2-9(7-13)6-10(11)16(17)18/h2-3,6H,4-5,15H2,1H3. The van der Waals surface area contributed by atoms with Crippen LogP contribution in [0.5, 0.6) is 5.75 Å². The molecule has 2 N–H and O–H groups in total. The Morgan fingerprint density at radius 3 is 2.74 bits per heavy atom. The van der Waals surface area contributed by atoms with Crippen LogP contribution in [-0.4, -0.2) is 17.1 Å². The van der Waals surface area contributed by atoms with E-state index in [0.717, 1.165) is 6.07 Å². The van der Waals surface area contributed by atoms with Gasteiger partial charge in [-0.1, -0.05) is 0 Å². The quantitative estimate of drug-likeness (QED) is 0.631. The number of nitrogens with two attached hydrogens (primary N) is 1. The molecule has 1 aromatic carbocycles. The maximum atomic E-state index is 10.8. The fraction of sp³-hybridized carbons (Fsp3) is 0.333. The molecule has 0 amide bonds. The SMILES string of the molecule is CC(N)(C#N)CCOc1ccc(C#N)cc1[N+](=O)[O-]. The number of benzene rings is 1. The van der Waals surface area contributed by atoms with Crippen LogP contribution in [0.1, 0.15) is 18.9 Å². The van der Waals surface area contributed by atoms with Crippen LogP contribution in [0.4, 0.5) is 5.69 Å². The average Bonchev–Trinajstić information content (AvgIpc) is 2.38. The molecule has 0 bridgehead atoms. The van der Waals surface area contributed by atoms with E-state index in [2.05, 4.69) is 0 Å². The first-order valence-electron chi connectivity index (χ1n) is 5.41. The van der Waals surface area contributed by atoms with Gasteiger partial charge in [0.25, 0.3) is 0 Å². The van der Waals surface area contributed by atoms with Crippen molar-refractivity contribution in [3.8, 4) is 17.9 Å². The highest BCUT2D eigenvalue weighted by Crippen LogP contribution is 2.28. The zero-order chi connectivity index (χ0) is 14.5. The Morgan fingerprint density at radius 1 is 1.53 bits per heavy atom. The molecule has 0 aliphatic heterocycles. The second-order valence-corrected chi connectivity index (χ2v) is 4.18. The number of rotatable bonds is 5. The molecule has 0 radical (unpaired) electrons. The molecule has 0 spiro atoms. The Bertz CT molecular complexity index is 569. The van der Waals surface area contributed by atoms with E-state index in [-0.39, 0.29) is 30.0 Å². The fourth-order valence-corrected chi connectivity index (χ4v) is 1.28. The smallest absolute Gasteiger partial charge is 0.312 e. The molecule has 0 aliphatic carbocycles. The van der Waals surface area contributed by atoms with Crippen LogP contribution in [0.3, 0.4) is 0 Å². The summed E-state index contributed by atoms with van der Waals surface area (Å²) in [5.74, 6) is 0.0535. The van der Waals surface area contributed by atoms with Gasteiger partial charge in [0.15, 0.2) is 5.75 Å². The van der Waals surface area contributed by atoms with Gasteiger partial charge in [0.05, 0.1) is 29.2 Å². The lowest BCUT2D eigenvalue weighted by Crippen LogP contribution is -2.35. The monoisotopic (exact) mass is 260 g/mol. The lowest BCUT2D eigenvalue weighted by molar-refractivity contribution is -0.385. The van der Waals surface area contributed by atoms with Gasteiger partial charge in [0.1, 0.15) is 5.54 Å². The molecule has 19 heavy (non-hydrogen) atoms. The van der Waals surface area contributed by atoms with Crippen molar-refractivity contribution in [3.63, 3.8) is 0 Å². The van der Waals surface area contributed by atoms with Gasteiger partial charge < -0.3 is 10.5 Å². The van der Waals surface area contributed by atoms with Gasteiger partial charge in [-0.2, -0.15) is 10.5 Å². The van der Waals surface area contributed by atoms with Crippen molar-refractivity contribution in [1.82, 2.24) is 0 Å². The number of nitro benzene ring substituents is 1. The van der Waals surface area contributed by atoms with Gasteiger partial charge in [-0.25, -0.2) is 0 Å². The van der Waals surface area contributed by atoms with Crippen LogP contribution in [0.15, 0.2) is 18.2 Å². The molecule has 1 atom stereocenters. The first-order chi connectivity index (χ1) is 8.89. The molecular weight excluding hydrogens is 248 g/mol. The average molecular weight is 260 g/mol. The molecule has 0 saturated carbocycles. The fourth-order valence-electron chi connectivity index (χ4n) is 1.28. The topological polar surface area (TPSA) is 126 Å². The van der Waals surface area contributed by atoms with E-state index in [4.69, 9.17) is 21.0 Å². The van der Waals surface area contributed by atoms with E-state index in [0.29, 0.717) is 0 Å². The first-order valence-corrected chi connectivity index (χ1v) is 5.41. The molecule has 98 valence electrons. The molecule has 1 rings (SSSR count). The van der Waals surface area contributed by atoms with Crippen molar-refractivity contribution < 1.29 is 9.66 Å². The van der Waals surface area contributed by atoms with Gasteiger partial charge in [0.2, 0.25) is 0 Å². The molecule has 0 fully saturated rings. The van der Waals surface area contributed by atoms with E-state index in [9.17, 15) is 10.1 Å². The summed E-state index contributed by atoms with van der Waals surface area (Å²) in [4.78, 5) is 10.2. The van der Waals surface area contributed by atoms with Crippen molar-refractivity contribution >= 4 is 5.69 Å². The van der Waals surface area contributed by atoms with E-state index in [1.165, 1.54) is 12.1 Å². The Labute approximate surface area is 110 Å². The van der Waals surface area contributed by atoms with Crippen LogP contribution < -0.4 is 10.5 Å². The van der Waals surface area contributed by atoms with Crippen LogP contribution in [0.2, 0.25) is 0 Å². The minimum Gasteiger partial charge on any atom is -0.487 e. The number of nitriles is 2. The van der Waals surface area contributed by atoms with Gasteiger partial charge in [-0.05, 0) is 19.1 Å². The highest BCUT2D eigenvalue weighted by atomic mass is 16.6. The maximum Gasteiger partial charge on any atom is 0.312 e. The van der Waals surface area contributed by atoms with Gasteiger partial charge in [-0.3, -0.25) is 10.1 Å². The molecule has 7 heteroatoms. The highest BCUT2D eigenvalue weighted by Gasteiger charge is 2.20. The van der Waals surface area contributed by atoms with Crippen LogP contribution in [-0.2, 0) is 0 Å². The molecule has 7 nitrogen and oxygen atoms in total. The Morgan fingerprint density at radius 2 is 2.21 bits per heavy atom. The largest absolute Gasteiger partial charge is 0.487 e. The van der Waals surface area contributed by atoms with Crippen molar-refractivity contribution in [2.75, 3.05) is 6.61 Å². The summed E-state index contributed by atoms with van der Waals surface area (Å²) in [6, 6.07) is 7.64. The number of nitrogens with zero attached hydrogens (tertiary/aromatic N) is 3. The zero-order valence-electron chi connectivity index (χ0n) is 10.3. The summed E-state index contributed by atoms with van der Waals surface area (Å²) in [6.45, 7) is 1.62. The molecule has 0 aliphatic rings. The van der Waals surface area contributed by atoms with Crippen molar-refractivity contribution in [2.45, 2.75) is 18.9 Å². The van der Waals surface area contributed by atoms with Gasteiger partial charge >= 0.3 is 5.69 Å². The van der Waals surface area contributed by atoms with Crippen molar-refractivity contribution in [3.05, 3.63) is 33.9 Å². The summed E-state index contributed by atoms with van der Waals surface area (Å²) >= 11 is 0. The normalized spacial score (nSPS) is 12.8. The molecule has 1 unspecified atom stereocenters. The molecule has 0 saturated heterocycles. The summed E-state index contributed by atoms with van der Waals surface area (Å²) < 4.78 is 5.25. The maximum absolute atomic E-state index is 10.8. The lowest BCUT2D eigenvalue weighted by atomic mass is 10.0. The van der Waals surface area contributed by atoms with Crippen LogP contribution in [0, 0.1) is 32.8 Å². The van der Waals surface area contributed by atoms with Crippen molar-refractivity contribution in [2.24, 2.45) is 5.73 Å². The number of hydrogen-bond acceptors (Lipinski definition) is 6. The Balaban J connectivity index is 2.82. The molecular formula is C12H12N4O3. The second kappa shape index (κ2) is 5.80.